The highest BCUT2D eigenvalue weighted by Gasteiger charge is 2.23. The van der Waals surface area contributed by atoms with E-state index in [4.69, 9.17) is 15.7 Å². The maximum atomic E-state index is 6.30. The van der Waals surface area contributed by atoms with Gasteiger partial charge in [0.2, 0.25) is 5.95 Å². The van der Waals surface area contributed by atoms with Crippen molar-refractivity contribution in [2.45, 2.75) is 45.3 Å². The summed E-state index contributed by atoms with van der Waals surface area (Å²) in [5.74, 6) is 1.45. The van der Waals surface area contributed by atoms with E-state index in [2.05, 4.69) is 83.2 Å². The van der Waals surface area contributed by atoms with Gasteiger partial charge in [0.05, 0.1) is 23.3 Å². The van der Waals surface area contributed by atoms with Crippen molar-refractivity contribution in [2.75, 3.05) is 25.0 Å². The molecular formula is C27H34N6. The smallest absolute Gasteiger partial charge is 0.204 e. The van der Waals surface area contributed by atoms with E-state index in [1.165, 1.54) is 10.8 Å². The van der Waals surface area contributed by atoms with Crippen LogP contribution >= 0.6 is 0 Å². The number of pyridine rings is 1. The standard InChI is InChI=1S/C27H34N6/c1-19(2)23(28)17-32-15-12-21(13-16-32)30-27-31-24-9-5-6-10-26(24)33(27)18-25-22-8-4-3-7-20(22)11-14-29-25/h3-11,14,19,21,23H,12-13,15-18,28H2,1-2H3,(H,30,31). The minimum atomic E-state index is 0.243. The third-order valence-electron chi connectivity index (χ3n) is 6.96. The zero-order chi connectivity index (χ0) is 22.8. The van der Waals surface area contributed by atoms with E-state index in [1.807, 2.05) is 6.20 Å². The van der Waals surface area contributed by atoms with Crippen LogP contribution in [-0.4, -0.2) is 51.2 Å². The van der Waals surface area contributed by atoms with Crippen molar-refractivity contribution in [1.29, 1.82) is 0 Å². The van der Waals surface area contributed by atoms with Gasteiger partial charge < -0.3 is 20.5 Å². The molecule has 1 unspecified atom stereocenters. The molecule has 33 heavy (non-hydrogen) atoms. The van der Waals surface area contributed by atoms with Gasteiger partial charge in [0.15, 0.2) is 0 Å². The molecule has 6 heteroatoms. The van der Waals surface area contributed by atoms with Crippen LogP contribution in [0.1, 0.15) is 32.4 Å². The molecule has 3 N–H and O–H groups in total. The van der Waals surface area contributed by atoms with Crippen LogP contribution in [0.2, 0.25) is 0 Å². The Labute approximate surface area is 195 Å². The van der Waals surface area contributed by atoms with Crippen molar-refractivity contribution in [1.82, 2.24) is 19.4 Å². The number of anilines is 1. The van der Waals surface area contributed by atoms with Gasteiger partial charge in [-0.25, -0.2) is 4.98 Å². The summed E-state index contributed by atoms with van der Waals surface area (Å²) in [4.78, 5) is 12.2. The third kappa shape index (κ3) is 4.72. The van der Waals surface area contributed by atoms with Crippen LogP contribution in [0.4, 0.5) is 5.95 Å². The summed E-state index contributed by atoms with van der Waals surface area (Å²) >= 11 is 0. The number of likely N-dealkylation sites (tertiary alicyclic amines) is 1. The number of nitrogens with zero attached hydrogens (tertiary/aromatic N) is 4. The van der Waals surface area contributed by atoms with Crippen LogP contribution in [0.25, 0.3) is 21.8 Å². The summed E-state index contributed by atoms with van der Waals surface area (Å²) in [6.07, 6.45) is 4.10. The molecule has 5 rings (SSSR count). The first kappa shape index (κ1) is 21.9. The van der Waals surface area contributed by atoms with Gasteiger partial charge in [0.25, 0.3) is 0 Å². The summed E-state index contributed by atoms with van der Waals surface area (Å²) in [7, 11) is 0. The number of nitrogens with one attached hydrogen (secondary N) is 1. The van der Waals surface area contributed by atoms with Gasteiger partial charge in [0, 0.05) is 43.3 Å². The van der Waals surface area contributed by atoms with Gasteiger partial charge in [-0.3, -0.25) is 4.98 Å². The second-order valence-electron chi connectivity index (χ2n) is 9.62. The first-order valence-electron chi connectivity index (χ1n) is 12.1. The predicted octanol–water partition coefficient (Wildman–Crippen LogP) is 4.49. The Kier molecular flexibility index (Phi) is 6.29. The number of benzene rings is 2. The Morgan fingerprint density at radius 1 is 1.03 bits per heavy atom. The van der Waals surface area contributed by atoms with Crippen LogP contribution in [0.3, 0.4) is 0 Å². The Morgan fingerprint density at radius 3 is 2.61 bits per heavy atom. The van der Waals surface area contributed by atoms with Gasteiger partial charge in [-0.1, -0.05) is 50.2 Å². The predicted molar refractivity (Wildman–Crippen MR) is 136 cm³/mol. The fourth-order valence-corrected chi connectivity index (χ4v) is 4.76. The molecule has 2 aromatic heterocycles. The molecule has 0 bridgehead atoms. The zero-order valence-electron chi connectivity index (χ0n) is 19.6. The first-order chi connectivity index (χ1) is 16.1. The first-order valence-corrected chi connectivity index (χ1v) is 12.1. The van der Waals surface area contributed by atoms with E-state index in [1.54, 1.807) is 0 Å². The summed E-state index contributed by atoms with van der Waals surface area (Å²) in [6.45, 7) is 8.22. The highest BCUT2D eigenvalue weighted by atomic mass is 15.2. The normalized spacial score (nSPS) is 16.6. The van der Waals surface area contributed by atoms with Crippen molar-refractivity contribution in [3.05, 3.63) is 66.5 Å². The maximum Gasteiger partial charge on any atom is 0.204 e. The monoisotopic (exact) mass is 442 g/mol. The number of fused-ring (bicyclic) bond motifs is 2. The molecule has 4 aromatic rings. The quantitative estimate of drug-likeness (QED) is 0.441. The fraction of sp³-hybridized carbons (Fsp3) is 0.407. The van der Waals surface area contributed by atoms with Crippen molar-refractivity contribution in [3.8, 4) is 0 Å². The van der Waals surface area contributed by atoms with Gasteiger partial charge >= 0.3 is 0 Å². The van der Waals surface area contributed by atoms with E-state index in [0.717, 1.165) is 55.2 Å². The van der Waals surface area contributed by atoms with Crippen LogP contribution in [0.15, 0.2) is 60.8 Å². The van der Waals surface area contributed by atoms with Crippen LogP contribution in [0.5, 0.6) is 0 Å². The van der Waals surface area contributed by atoms with Crippen molar-refractivity contribution >= 4 is 27.8 Å². The number of rotatable bonds is 7. The molecule has 1 aliphatic heterocycles. The lowest BCUT2D eigenvalue weighted by atomic mass is 10.0. The number of hydrogen-bond acceptors (Lipinski definition) is 5. The number of hydrogen-bond donors (Lipinski definition) is 2. The Balaban J connectivity index is 1.37. The molecule has 1 aliphatic rings. The highest BCUT2D eigenvalue weighted by Crippen LogP contribution is 2.25. The van der Waals surface area contributed by atoms with Gasteiger partial charge in [-0.15, -0.1) is 0 Å². The van der Waals surface area contributed by atoms with Crippen molar-refractivity contribution < 1.29 is 0 Å². The van der Waals surface area contributed by atoms with E-state index in [0.29, 0.717) is 18.5 Å². The van der Waals surface area contributed by atoms with E-state index >= 15 is 0 Å². The largest absolute Gasteiger partial charge is 0.353 e. The molecule has 0 amide bonds. The van der Waals surface area contributed by atoms with Gasteiger partial charge in [-0.05, 0) is 42.3 Å². The van der Waals surface area contributed by atoms with Gasteiger partial charge in [0.1, 0.15) is 0 Å². The summed E-state index contributed by atoms with van der Waals surface area (Å²) in [5.41, 5.74) is 9.52. The Hall–Kier alpha value is -2.96. The molecule has 2 aromatic carbocycles. The molecule has 3 heterocycles. The topological polar surface area (TPSA) is 72.0 Å². The summed E-state index contributed by atoms with van der Waals surface area (Å²) < 4.78 is 2.28. The average Bonchev–Trinajstić information content (AvgIpc) is 3.17. The Bertz CT molecular complexity index is 1220. The number of aromatic nitrogens is 3. The Morgan fingerprint density at radius 2 is 1.79 bits per heavy atom. The summed E-state index contributed by atoms with van der Waals surface area (Å²) in [6, 6.07) is 19.5. The lowest BCUT2D eigenvalue weighted by Crippen LogP contribution is -2.46. The molecule has 6 nitrogen and oxygen atoms in total. The lowest BCUT2D eigenvalue weighted by Gasteiger charge is -2.34. The molecule has 1 fully saturated rings. The molecule has 0 spiro atoms. The van der Waals surface area contributed by atoms with Crippen LogP contribution in [0, 0.1) is 5.92 Å². The van der Waals surface area contributed by atoms with Crippen LogP contribution < -0.4 is 11.1 Å². The number of imidazole rings is 1. The van der Waals surface area contributed by atoms with E-state index in [9.17, 15) is 0 Å². The molecule has 172 valence electrons. The van der Waals surface area contributed by atoms with E-state index in [-0.39, 0.29) is 6.04 Å². The molecule has 0 radical (unpaired) electrons. The highest BCUT2D eigenvalue weighted by molar-refractivity contribution is 5.85. The summed E-state index contributed by atoms with van der Waals surface area (Å²) in [5, 5.41) is 6.18. The molecule has 0 saturated carbocycles. The van der Waals surface area contributed by atoms with Crippen molar-refractivity contribution in [3.63, 3.8) is 0 Å². The minimum Gasteiger partial charge on any atom is -0.353 e. The van der Waals surface area contributed by atoms with Crippen LogP contribution in [-0.2, 0) is 6.54 Å². The van der Waals surface area contributed by atoms with Gasteiger partial charge in [-0.2, -0.15) is 0 Å². The fourth-order valence-electron chi connectivity index (χ4n) is 4.76. The second-order valence-corrected chi connectivity index (χ2v) is 9.62. The molecule has 1 saturated heterocycles. The zero-order valence-corrected chi connectivity index (χ0v) is 19.6. The molecular weight excluding hydrogens is 408 g/mol. The SMILES string of the molecule is CC(C)C(N)CN1CCC(Nc2nc3ccccc3n2Cc2nccc3ccccc23)CC1. The third-order valence-corrected chi connectivity index (χ3v) is 6.96. The van der Waals surface area contributed by atoms with E-state index < -0.39 is 0 Å². The number of para-hydroxylation sites is 2. The maximum absolute atomic E-state index is 6.30. The molecule has 1 atom stereocenters. The average molecular weight is 443 g/mol. The molecule has 0 aliphatic carbocycles. The minimum absolute atomic E-state index is 0.243. The number of nitrogens with two attached hydrogens (primary N) is 1. The number of piperidine rings is 1. The lowest BCUT2D eigenvalue weighted by molar-refractivity contribution is 0.194. The van der Waals surface area contributed by atoms with Crippen molar-refractivity contribution in [2.24, 2.45) is 11.7 Å². The second kappa shape index (κ2) is 9.49.